The summed E-state index contributed by atoms with van der Waals surface area (Å²) in [5, 5.41) is 8.70. The van der Waals surface area contributed by atoms with Crippen molar-refractivity contribution in [2.75, 3.05) is 38.7 Å². The van der Waals surface area contributed by atoms with Crippen LogP contribution >= 0.6 is 11.6 Å². The van der Waals surface area contributed by atoms with E-state index in [-0.39, 0.29) is 6.61 Å². The van der Waals surface area contributed by atoms with Crippen molar-refractivity contribution in [2.24, 2.45) is 5.92 Å². The average molecular weight is 264 g/mol. The fraction of sp³-hybridized carbons (Fsp3) is 1.00. The molecular weight excluding hydrogens is 238 g/mol. The predicted octanol–water partition coefficient (Wildman–Crippen LogP) is 2.11. The minimum atomic E-state index is 0.135. The van der Waals surface area contributed by atoms with Gasteiger partial charge in [0.2, 0.25) is 0 Å². The lowest BCUT2D eigenvalue weighted by atomic mass is 10.0. The van der Waals surface area contributed by atoms with Crippen molar-refractivity contribution in [2.45, 2.75) is 38.7 Å². The molecule has 0 saturated carbocycles. The van der Waals surface area contributed by atoms with Crippen LogP contribution in [-0.4, -0.2) is 54.8 Å². The van der Waals surface area contributed by atoms with Crippen molar-refractivity contribution in [3.8, 4) is 0 Å². The Bertz CT molecular complexity index is 184. The molecule has 1 atom stereocenters. The van der Waals surface area contributed by atoms with E-state index in [2.05, 4.69) is 11.8 Å². The molecule has 0 radical (unpaired) electrons. The van der Waals surface area contributed by atoms with Gasteiger partial charge in [-0.15, -0.1) is 11.6 Å². The molecule has 17 heavy (non-hydrogen) atoms. The molecule has 1 aliphatic rings. The van der Waals surface area contributed by atoms with Gasteiger partial charge in [0.05, 0.1) is 19.3 Å². The van der Waals surface area contributed by atoms with Gasteiger partial charge in [0.1, 0.15) is 0 Å². The Hall–Kier alpha value is 0.170. The third-order valence-corrected chi connectivity index (χ3v) is 3.74. The number of hydrogen-bond donors (Lipinski definition) is 1. The van der Waals surface area contributed by atoms with E-state index in [1.165, 1.54) is 13.0 Å². The highest BCUT2D eigenvalue weighted by atomic mass is 35.5. The van der Waals surface area contributed by atoms with Crippen molar-refractivity contribution in [3.05, 3.63) is 0 Å². The molecule has 1 rings (SSSR count). The quantitative estimate of drug-likeness (QED) is 0.681. The van der Waals surface area contributed by atoms with Crippen molar-refractivity contribution >= 4 is 11.6 Å². The molecule has 4 heteroatoms. The summed E-state index contributed by atoms with van der Waals surface area (Å²) in [5.41, 5.74) is 0. The smallest absolute Gasteiger partial charge is 0.0701 e. The first-order chi connectivity index (χ1) is 8.26. The van der Waals surface area contributed by atoms with E-state index in [0.29, 0.717) is 12.7 Å². The standard InChI is InChI=1S/C13H26ClNO2/c1-12(2-6-14)3-7-15-8-4-13(5-9-15)17-11-10-16/h12-13,16H,2-11H2,1H3. The van der Waals surface area contributed by atoms with Crippen molar-refractivity contribution in [1.29, 1.82) is 0 Å². The monoisotopic (exact) mass is 263 g/mol. The lowest BCUT2D eigenvalue weighted by molar-refractivity contribution is -0.00830. The van der Waals surface area contributed by atoms with Gasteiger partial charge in [0.15, 0.2) is 0 Å². The maximum atomic E-state index is 8.70. The summed E-state index contributed by atoms with van der Waals surface area (Å²) < 4.78 is 5.55. The first-order valence-corrected chi connectivity index (χ1v) is 7.30. The number of piperidine rings is 1. The number of alkyl halides is 1. The molecule has 0 aliphatic carbocycles. The summed E-state index contributed by atoms with van der Waals surface area (Å²) in [7, 11) is 0. The van der Waals surface area contributed by atoms with Gasteiger partial charge in [0, 0.05) is 19.0 Å². The van der Waals surface area contributed by atoms with E-state index < -0.39 is 0 Å². The summed E-state index contributed by atoms with van der Waals surface area (Å²) in [4.78, 5) is 2.52. The number of nitrogens with zero attached hydrogens (tertiary/aromatic N) is 1. The topological polar surface area (TPSA) is 32.7 Å². The molecule has 0 aromatic heterocycles. The van der Waals surface area contributed by atoms with Crippen LogP contribution in [0.2, 0.25) is 0 Å². The molecule has 0 bridgehead atoms. The number of hydrogen-bond acceptors (Lipinski definition) is 3. The zero-order chi connectivity index (χ0) is 12.5. The lowest BCUT2D eigenvalue weighted by Crippen LogP contribution is -2.38. The molecule has 1 unspecified atom stereocenters. The van der Waals surface area contributed by atoms with Crippen LogP contribution in [0, 0.1) is 5.92 Å². The van der Waals surface area contributed by atoms with Crippen molar-refractivity contribution < 1.29 is 9.84 Å². The summed E-state index contributed by atoms with van der Waals surface area (Å²) in [6, 6.07) is 0. The van der Waals surface area contributed by atoms with Crippen LogP contribution < -0.4 is 0 Å². The highest BCUT2D eigenvalue weighted by molar-refractivity contribution is 6.17. The van der Waals surface area contributed by atoms with Crippen LogP contribution in [0.15, 0.2) is 0 Å². The van der Waals surface area contributed by atoms with E-state index >= 15 is 0 Å². The van der Waals surface area contributed by atoms with Gasteiger partial charge in [-0.25, -0.2) is 0 Å². The first-order valence-electron chi connectivity index (χ1n) is 6.77. The zero-order valence-electron chi connectivity index (χ0n) is 10.9. The Kier molecular flexibility index (Phi) is 8.19. The maximum absolute atomic E-state index is 8.70. The molecule has 1 fully saturated rings. The Labute approximate surface area is 110 Å². The van der Waals surface area contributed by atoms with Gasteiger partial charge in [-0.2, -0.15) is 0 Å². The minimum absolute atomic E-state index is 0.135. The summed E-state index contributed by atoms with van der Waals surface area (Å²) in [6.45, 7) is 6.34. The number of ether oxygens (including phenoxy) is 1. The van der Waals surface area contributed by atoms with E-state index in [4.69, 9.17) is 21.4 Å². The van der Waals surface area contributed by atoms with E-state index in [0.717, 1.165) is 44.1 Å². The maximum Gasteiger partial charge on any atom is 0.0701 e. The third-order valence-electron chi connectivity index (χ3n) is 3.52. The number of halogens is 1. The Balaban J connectivity index is 2.06. The van der Waals surface area contributed by atoms with Gasteiger partial charge in [-0.3, -0.25) is 0 Å². The Morgan fingerprint density at radius 2 is 2.06 bits per heavy atom. The molecule has 0 aromatic rings. The Morgan fingerprint density at radius 3 is 2.65 bits per heavy atom. The molecule has 3 nitrogen and oxygen atoms in total. The highest BCUT2D eigenvalue weighted by Gasteiger charge is 2.19. The molecule has 1 saturated heterocycles. The van der Waals surface area contributed by atoms with Gasteiger partial charge in [-0.05, 0) is 38.1 Å². The minimum Gasteiger partial charge on any atom is -0.394 e. The SMILES string of the molecule is CC(CCCl)CCN1CCC(OCCO)CC1. The second-order valence-electron chi connectivity index (χ2n) is 5.01. The molecule has 0 spiro atoms. The second-order valence-corrected chi connectivity index (χ2v) is 5.38. The molecule has 0 amide bonds. The fourth-order valence-electron chi connectivity index (χ4n) is 2.25. The number of rotatable bonds is 8. The molecule has 0 aromatic carbocycles. The van der Waals surface area contributed by atoms with Gasteiger partial charge in [-0.1, -0.05) is 6.92 Å². The molecule has 102 valence electrons. The summed E-state index contributed by atoms with van der Waals surface area (Å²) >= 11 is 5.73. The predicted molar refractivity (Wildman–Crippen MR) is 71.6 cm³/mol. The largest absolute Gasteiger partial charge is 0.394 e. The van der Waals surface area contributed by atoms with Gasteiger partial charge >= 0.3 is 0 Å². The number of likely N-dealkylation sites (tertiary alicyclic amines) is 1. The summed E-state index contributed by atoms with van der Waals surface area (Å²) in [5.74, 6) is 1.51. The second kappa shape index (κ2) is 9.15. The van der Waals surface area contributed by atoms with Crippen LogP contribution in [0.4, 0.5) is 0 Å². The lowest BCUT2D eigenvalue weighted by Gasteiger charge is -2.32. The number of aliphatic hydroxyl groups excluding tert-OH is 1. The van der Waals surface area contributed by atoms with Crippen LogP contribution in [0.3, 0.4) is 0 Å². The molecule has 1 N–H and O–H groups in total. The first kappa shape index (κ1) is 15.2. The molecular formula is C13H26ClNO2. The van der Waals surface area contributed by atoms with E-state index in [1.54, 1.807) is 0 Å². The summed E-state index contributed by atoms with van der Waals surface area (Å²) in [6.07, 6.45) is 4.93. The van der Waals surface area contributed by atoms with Crippen LogP contribution in [0.5, 0.6) is 0 Å². The van der Waals surface area contributed by atoms with E-state index in [1.807, 2.05) is 0 Å². The highest BCUT2D eigenvalue weighted by Crippen LogP contribution is 2.16. The number of aliphatic hydroxyl groups is 1. The van der Waals surface area contributed by atoms with Crippen LogP contribution in [0.25, 0.3) is 0 Å². The normalized spacial score (nSPS) is 20.6. The van der Waals surface area contributed by atoms with Crippen molar-refractivity contribution in [1.82, 2.24) is 4.90 Å². The molecule has 1 aliphatic heterocycles. The van der Waals surface area contributed by atoms with Gasteiger partial charge < -0.3 is 14.7 Å². The van der Waals surface area contributed by atoms with E-state index in [9.17, 15) is 0 Å². The van der Waals surface area contributed by atoms with Crippen molar-refractivity contribution in [3.63, 3.8) is 0 Å². The Morgan fingerprint density at radius 1 is 1.35 bits per heavy atom. The fourth-order valence-corrected chi connectivity index (χ4v) is 2.62. The average Bonchev–Trinajstić information content (AvgIpc) is 2.35. The van der Waals surface area contributed by atoms with Crippen LogP contribution in [-0.2, 0) is 4.74 Å². The third kappa shape index (κ3) is 6.61. The zero-order valence-corrected chi connectivity index (χ0v) is 11.7. The van der Waals surface area contributed by atoms with Crippen LogP contribution in [0.1, 0.15) is 32.6 Å². The van der Waals surface area contributed by atoms with Gasteiger partial charge in [0.25, 0.3) is 0 Å². The molecule has 1 heterocycles.